The van der Waals surface area contributed by atoms with E-state index in [1.807, 2.05) is 25.2 Å². The van der Waals surface area contributed by atoms with E-state index in [0.717, 1.165) is 16.2 Å². The molecular weight excluding hydrogens is 346 g/mol. The molecule has 2 N–H and O–H groups in total. The average Bonchev–Trinajstić information content (AvgIpc) is 3.03. The number of quaternary nitrogens is 1. The third-order valence-corrected chi connectivity index (χ3v) is 3.77. The summed E-state index contributed by atoms with van der Waals surface area (Å²) in [5, 5.41) is 2.73. The zero-order valence-corrected chi connectivity index (χ0v) is 14.1. The molecule has 0 aromatic heterocycles. The van der Waals surface area contributed by atoms with Crippen LogP contribution in [-0.2, 0) is 11.3 Å². The van der Waals surface area contributed by atoms with Gasteiger partial charge in [-0.05, 0) is 42.5 Å². The Labute approximate surface area is 149 Å². The van der Waals surface area contributed by atoms with Crippen molar-refractivity contribution in [3.05, 3.63) is 48.0 Å². The SMILES string of the molecule is C[NH+](CC(=O)Nc1ccc(OC(F)F)cc1)Cc1ccc2c(c1)OCO2. The number of alkyl halides is 2. The van der Waals surface area contributed by atoms with E-state index in [2.05, 4.69) is 10.1 Å². The van der Waals surface area contributed by atoms with Crippen LogP contribution in [0.5, 0.6) is 17.2 Å². The largest absolute Gasteiger partial charge is 0.454 e. The molecule has 0 aliphatic carbocycles. The molecule has 1 unspecified atom stereocenters. The van der Waals surface area contributed by atoms with Crippen molar-refractivity contribution in [2.24, 2.45) is 0 Å². The Kier molecular flexibility index (Phi) is 5.52. The molecule has 0 fully saturated rings. The maximum atomic E-state index is 12.1. The molecule has 0 radical (unpaired) electrons. The van der Waals surface area contributed by atoms with Crippen LogP contribution in [0, 0.1) is 0 Å². The predicted molar refractivity (Wildman–Crippen MR) is 89.7 cm³/mol. The van der Waals surface area contributed by atoms with E-state index >= 15 is 0 Å². The van der Waals surface area contributed by atoms with Crippen LogP contribution in [0.15, 0.2) is 42.5 Å². The number of hydrogen-bond acceptors (Lipinski definition) is 4. The monoisotopic (exact) mass is 365 g/mol. The number of amides is 1. The molecule has 26 heavy (non-hydrogen) atoms. The van der Waals surface area contributed by atoms with Crippen molar-refractivity contribution in [1.29, 1.82) is 0 Å². The number of hydrogen-bond donors (Lipinski definition) is 2. The first kappa shape index (κ1) is 17.9. The van der Waals surface area contributed by atoms with E-state index < -0.39 is 6.61 Å². The van der Waals surface area contributed by atoms with E-state index in [1.165, 1.54) is 24.3 Å². The van der Waals surface area contributed by atoms with Gasteiger partial charge < -0.3 is 24.4 Å². The molecule has 0 bridgehead atoms. The smallest absolute Gasteiger partial charge is 0.387 e. The second-order valence-corrected chi connectivity index (χ2v) is 5.95. The summed E-state index contributed by atoms with van der Waals surface area (Å²) in [7, 11) is 1.91. The van der Waals surface area contributed by atoms with Crippen LogP contribution < -0.4 is 24.4 Å². The number of fused-ring (bicyclic) bond motifs is 1. The van der Waals surface area contributed by atoms with Crippen LogP contribution in [0.25, 0.3) is 0 Å². The molecule has 0 saturated heterocycles. The van der Waals surface area contributed by atoms with Crippen molar-refractivity contribution in [3.63, 3.8) is 0 Å². The van der Waals surface area contributed by atoms with E-state index in [1.54, 1.807) is 0 Å². The Morgan fingerprint density at radius 2 is 1.92 bits per heavy atom. The van der Waals surface area contributed by atoms with Gasteiger partial charge in [0.2, 0.25) is 6.79 Å². The minimum atomic E-state index is -2.87. The number of benzene rings is 2. The third kappa shape index (κ3) is 4.82. The number of carbonyl (C=O) groups excluding carboxylic acids is 1. The number of carbonyl (C=O) groups is 1. The molecule has 2 aromatic rings. The summed E-state index contributed by atoms with van der Waals surface area (Å²) < 4.78 is 39.1. The molecule has 1 aliphatic rings. The Hall–Kier alpha value is -2.87. The fourth-order valence-corrected chi connectivity index (χ4v) is 2.66. The normalized spacial score (nSPS) is 13.5. The van der Waals surface area contributed by atoms with Crippen LogP contribution in [0.4, 0.5) is 14.5 Å². The molecule has 2 aromatic carbocycles. The molecule has 8 heteroatoms. The van der Waals surface area contributed by atoms with Gasteiger partial charge >= 0.3 is 6.61 Å². The average molecular weight is 365 g/mol. The maximum Gasteiger partial charge on any atom is 0.387 e. The van der Waals surface area contributed by atoms with Gasteiger partial charge in [0.05, 0.1) is 7.05 Å². The molecule has 6 nitrogen and oxygen atoms in total. The summed E-state index contributed by atoms with van der Waals surface area (Å²) in [6, 6.07) is 11.5. The van der Waals surface area contributed by atoms with Gasteiger partial charge in [0, 0.05) is 11.3 Å². The molecule has 0 spiro atoms. The minimum Gasteiger partial charge on any atom is -0.454 e. The maximum absolute atomic E-state index is 12.1. The van der Waals surface area contributed by atoms with E-state index in [0.29, 0.717) is 18.0 Å². The molecule has 1 amide bonds. The molecule has 1 atom stereocenters. The number of ether oxygens (including phenoxy) is 3. The Morgan fingerprint density at radius 3 is 2.65 bits per heavy atom. The quantitative estimate of drug-likeness (QED) is 0.784. The van der Waals surface area contributed by atoms with Gasteiger partial charge in [0.15, 0.2) is 18.0 Å². The summed E-state index contributed by atoms with van der Waals surface area (Å²) >= 11 is 0. The molecule has 0 saturated carbocycles. The van der Waals surface area contributed by atoms with Crippen LogP contribution in [0.1, 0.15) is 5.56 Å². The van der Waals surface area contributed by atoms with Crippen LogP contribution in [0.3, 0.4) is 0 Å². The highest BCUT2D eigenvalue weighted by molar-refractivity contribution is 5.91. The molecule has 3 rings (SSSR count). The highest BCUT2D eigenvalue weighted by atomic mass is 19.3. The van der Waals surface area contributed by atoms with Gasteiger partial charge in [-0.25, -0.2) is 0 Å². The van der Waals surface area contributed by atoms with Gasteiger partial charge in [0.1, 0.15) is 12.3 Å². The Morgan fingerprint density at radius 1 is 1.19 bits per heavy atom. The van der Waals surface area contributed by atoms with Crippen molar-refractivity contribution in [1.82, 2.24) is 0 Å². The lowest BCUT2D eigenvalue weighted by Crippen LogP contribution is -3.08. The van der Waals surface area contributed by atoms with Gasteiger partial charge in [0.25, 0.3) is 5.91 Å². The van der Waals surface area contributed by atoms with E-state index in [-0.39, 0.29) is 25.0 Å². The predicted octanol–water partition coefficient (Wildman–Crippen LogP) is 1.67. The Bertz CT molecular complexity index is 768. The lowest BCUT2D eigenvalue weighted by molar-refractivity contribution is -0.885. The zero-order chi connectivity index (χ0) is 18.5. The first-order valence-electron chi connectivity index (χ1n) is 8.04. The van der Waals surface area contributed by atoms with Crippen molar-refractivity contribution in [2.75, 3.05) is 25.7 Å². The summed E-state index contributed by atoms with van der Waals surface area (Å²) in [6.45, 7) is -1.75. The summed E-state index contributed by atoms with van der Waals surface area (Å²) in [5.41, 5.74) is 1.56. The molecule has 138 valence electrons. The summed E-state index contributed by atoms with van der Waals surface area (Å²) in [5.74, 6) is 1.31. The number of nitrogens with one attached hydrogen (secondary N) is 2. The van der Waals surface area contributed by atoms with Crippen molar-refractivity contribution in [3.8, 4) is 17.2 Å². The van der Waals surface area contributed by atoms with E-state index in [4.69, 9.17) is 9.47 Å². The second-order valence-electron chi connectivity index (χ2n) is 5.95. The van der Waals surface area contributed by atoms with Crippen LogP contribution >= 0.6 is 0 Å². The highest BCUT2D eigenvalue weighted by Gasteiger charge is 2.16. The standard InChI is InChI=1S/C18H18F2N2O4/c1-22(9-12-2-7-15-16(8-12)25-11-24-15)10-17(23)21-13-3-5-14(6-4-13)26-18(19)20/h2-8,18H,9-11H2,1H3,(H,21,23)/p+1. The fraction of sp³-hybridized carbons (Fsp3) is 0.278. The molecule has 1 heterocycles. The lowest BCUT2D eigenvalue weighted by Gasteiger charge is -2.14. The summed E-state index contributed by atoms with van der Waals surface area (Å²) in [4.78, 5) is 13.1. The fourth-order valence-electron chi connectivity index (χ4n) is 2.66. The van der Waals surface area contributed by atoms with Crippen LogP contribution in [0.2, 0.25) is 0 Å². The van der Waals surface area contributed by atoms with Crippen molar-refractivity contribution in [2.45, 2.75) is 13.2 Å². The van der Waals surface area contributed by atoms with Gasteiger partial charge in [-0.3, -0.25) is 4.79 Å². The third-order valence-electron chi connectivity index (χ3n) is 3.77. The number of rotatable bonds is 7. The zero-order valence-electron chi connectivity index (χ0n) is 14.1. The second kappa shape index (κ2) is 8.01. The van der Waals surface area contributed by atoms with Gasteiger partial charge in [-0.1, -0.05) is 0 Å². The highest BCUT2D eigenvalue weighted by Crippen LogP contribution is 2.32. The van der Waals surface area contributed by atoms with Crippen molar-refractivity contribution >= 4 is 11.6 Å². The topological polar surface area (TPSA) is 61.2 Å². The minimum absolute atomic E-state index is 0.0450. The first-order valence-corrected chi connectivity index (χ1v) is 8.04. The number of likely N-dealkylation sites (N-methyl/N-ethyl adjacent to an activating group) is 1. The van der Waals surface area contributed by atoms with Gasteiger partial charge in [-0.2, -0.15) is 8.78 Å². The Balaban J connectivity index is 1.49. The molecule has 1 aliphatic heterocycles. The van der Waals surface area contributed by atoms with E-state index in [9.17, 15) is 13.6 Å². The van der Waals surface area contributed by atoms with Crippen LogP contribution in [-0.4, -0.2) is 32.9 Å². The van der Waals surface area contributed by atoms with Crippen molar-refractivity contribution < 1.29 is 32.7 Å². The summed E-state index contributed by atoms with van der Waals surface area (Å²) in [6.07, 6.45) is 0. The number of anilines is 1. The first-order chi connectivity index (χ1) is 12.5. The number of halogens is 2. The molecular formula is C18H19F2N2O4+. The lowest BCUT2D eigenvalue weighted by atomic mass is 10.2. The van der Waals surface area contributed by atoms with Gasteiger partial charge in [-0.15, -0.1) is 0 Å².